The molecule has 0 unspecified atom stereocenters. The number of hydrogen-bond donors (Lipinski definition) is 1. The van der Waals surface area contributed by atoms with Gasteiger partial charge < -0.3 is 5.32 Å². The van der Waals surface area contributed by atoms with Crippen LogP contribution in [0.5, 0.6) is 0 Å². The average Bonchev–Trinajstić information content (AvgIpc) is 2.88. The summed E-state index contributed by atoms with van der Waals surface area (Å²) in [6.07, 6.45) is 3.27. The van der Waals surface area contributed by atoms with E-state index >= 15 is 0 Å². The summed E-state index contributed by atoms with van der Waals surface area (Å²) in [5.74, 6) is -0.242. The molecule has 1 atom stereocenters. The number of amides is 1. The van der Waals surface area contributed by atoms with E-state index in [1.165, 1.54) is 4.31 Å². The highest BCUT2D eigenvalue weighted by molar-refractivity contribution is 7.88. The predicted molar refractivity (Wildman–Crippen MR) is 79.0 cm³/mol. The van der Waals surface area contributed by atoms with Crippen molar-refractivity contribution in [3.8, 4) is 0 Å². The molecule has 20 heavy (non-hydrogen) atoms. The van der Waals surface area contributed by atoms with Crippen LogP contribution < -0.4 is 5.32 Å². The van der Waals surface area contributed by atoms with Crippen LogP contribution >= 0.6 is 0 Å². The third-order valence-corrected chi connectivity index (χ3v) is 4.88. The Morgan fingerprint density at radius 3 is 2.75 bits per heavy atom. The van der Waals surface area contributed by atoms with E-state index in [9.17, 15) is 13.2 Å². The molecule has 2 rings (SSSR count). The molecule has 0 spiro atoms. The van der Waals surface area contributed by atoms with Gasteiger partial charge in [0.05, 0.1) is 6.26 Å². The first kappa shape index (κ1) is 15.0. The highest BCUT2D eigenvalue weighted by atomic mass is 32.2. The van der Waals surface area contributed by atoms with Crippen molar-refractivity contribution >= 4 is 21.6 Å². The van der Waals surface area contributed by atoms with Gasteiger partial charge in [0.2, 0.25) is 15.9 Å². The largest absolute Gasteiger partial charge is 0.324 e. The van der Waals surface area contributed by atoms with E-state index in [4.69, 9.17) is 0 Å². The SMILES string of the molecule is CCc1ccccc1NC(=O)[C@@H]1CCCN1S(C)(=O)=O. The summed E-state index contributed by atoms with van der Waals surface area (Å²) >= 11 is 0. The first-order valence-corrected chi connectivity index (χ1v) is 8.64. The van der Waals surface area contributed by atoms with Crippen molar-refractivity contribution in [2.45, 2.75) is 32.2 Å². The lowest BCUT2D eigenvalue weighted by Gasteiger charge is -2.22. The van der Waals surface area contributed by atoms with Crippen molar-refractivity contribution in [2.75, 3.05) is 18.1 Å². The van der Waals surface area contributed by atoms with Crippen molar-refractivity contribution in [3.63, 3.8) is 0 Å². The Labute approximate surface area is 120 Å². The zero-order chi connectivity index (χ0) is 14.8. The molecule has 1 aliphatic rings. The zero-order valence-corrected chi connectivity index (χ0v) is 12.6. The number of aryl methyl sites for hydroxylation is 1. The Balaban J connectivity index is 2.16. The second-order valence-corrected chi connectivity index (χ2v) is 6.97. The molecule has 5 nitrogen and oxygen atoms in total. The van der Waals surface area contributed by atoms with Gasteiger partial charge in [0, 0.05) is 12.2 Å². The average molecular weight is 296 g/mol. The molecule has 1 N–H and O–H groups in total. The first-order valence-electron chi connectivity index (χ1n) is 6.79. The maximum absolute atomic E-state index is 12.3. The second kappa shape index (κ2) is 5.93. The monoisotopic (exact) mass is 296 g/mol. The molecule has 0 radical (unpaired) electrons. The van der Waals surface area contributed by atoms with Crippen LogP contribution in [-0.2, 0) is 21.2 Å². The van der Waals surface area contributed by atoms with Gasteiger partial charge in [-0.15, -0.1) is 0 Å². The summed E-state index contributed by atoms with van der Waals surface area (Å²) < 4.78 is 24.6. The third-order valence-electron chi connectivity index (χ3n) is 3.59. The number of carbonyl (C=O) groups is 1. The fourth-order valence-corrected chi connectivity index (χ4v) is 3.69. The molecule has 0 bridgehead atoms. The van der Waals surface area contributed by atoms with Crippen molar-refractivity contribution in [3.05, 3.63) is 29.8 Å². The van der Waals surface area contributed by atoms with Gasteiger partial charge in [0.15, 0.2) is 0 Å². The number of rotatable bonds is 4. The highest BCUT2D eigenvalue weighted by Crippen LogP contribution is 2.23. The van der Waals surface area contributed by atoms with Gasteiger partial charge in [-0.25, -0.2) is 8.42 Å². The molecule has 1 aromatic rings. The standard InChI is InChI=1S/C14H20N2O3S/c1-3-11-7-4-5-8-12(11)15-14(17)13-9-6-10-16(13)20(2,18)19/h4-5,7-8,13H,3,6,9-10H2,1-2H3,(H,15,17)/t13-/m0/s1. The van der Waals surface area contributed by atoms with Gasteiger partial charge in [0.25, 0.3) is 0 Å². The Hall–Kier alpha value is -1.40. The molecule has 6 heteroatoms. The van der Waals surface area contributed by atoms with Crippen molar-refractivity contribution in [2.24, 2.45) is 0 Å². The van der Waals surface area contributed by atoms with E-state index in [2.05, 4.69) is 5.32 Å². The molecule has 110 valence electrons. The molecule has 1 saturated heterocycles. The van der Waals surface area contributed by atoms with E-state index in [-0.39, 0.29) is 5.91 Å². The Morgan fingerprint density at radius 2 is 2.10 bits per heavy atom. The van der Waals surface area contributed by atoms with E-state index in [0.29, 0.717) is 13.0 Å². The third kappa shape index (κ3) is 3.19. The minimum Gasteiger partial charge on any atom is -0.324 e. The molecule has 1 heterocycles. The highest BCUT2D eigenvalue weighted by Gasteiger charge is 2.36. The molecule has 1 fully saturated rings. The number of hydrogen-bond acceptors (Lipinski definition) is 3. The van der Waals surface area contributed by atoms with E-state index < -0.39 is 16.1 Å². The fraction of sp³-hybridized carbons (Fsp3) is 0.500. The maximum Gasteiger partial charge on any atom is 0.242 e. The van der Waals surface area contributed by atoms with Gasteiger partial charge >= 0.3 is 0 Å². The number of anilines is 1. The summed E-state index contributed by atoms with van der Waals surface area (Å²) in [5, 5.41) is 2.86. The van der Waals surface area contributed by atoms with Gasteiger partial charge in [-0.2, -0.15) is 4.31 Å². The minimum atomic E-state index is -3.33. The Kier molecular flexibility index (Phi) is 4.45. The van der Waals surface area contributed by atoms with E-state index in [0.717, 1.165) is 30.3 Å². The minimum absolute atomic E-state index is 0.242. The van der Waals surface area contributed by atoms with Gasteiger partial charge in [-0.1, -0.05) is 25.1 Å². The number of carbonyl (C=O) groups excluding carboxylic acids is 1. The molecule has 0 saturated carbocycles. The van der Waals surface area contributed by atoms with Crippen LogP contribution in [0.2, 0.25) is 0 Å². The van der Waals surface area contributed by atoms with Crippen LogP contribution in [0.4, 0.5) is 5.69 Å². The van der Waals surface area contributed by atoms with Crippen LogP contribution in [0, 0.1) is 0 Å². The van der Waals surface area contributed by atoms with Crippen LogP contribution in [-0.4, -0.2) is 37.5 Å². The number of nitrogens with one attached hydrogen (secondary N) is 1. The number of para-hydroxylation sites is 1. The normalized spacial score (nSPS) is 20.0. The molecule has 1 amide bonds. The number of nitrogens with zero attached hydrogens (tertiary/aromatic N) is 1. The van der Waals surface area contributed by atoms with Crippen LogP contribution in [0.3, 0.4) is 0 Å². The zero-order valence-electron chi connectivity index (χ0n) is 11.8. The summed E-state index contributed by atoms with van der Waals surface area (Å²) in [4.78, 5) is 12.3. The Bertz CT molecular complexity index is 598. The molecule has 1 aromatic carbocycles. The second-order valence-electron chi connectivity index (χ2n) is 5.03. The molecule has 0 aliphatic carbocycles. The topological polar surface area (TPSA) is 66.5 Å². The number of benzene rings is 1. The summed E-state index contributed by atoms with van der Waals surface area (Å²) in [6, 6.07) is 6.99. The van der Waals surface area contributed by atoms with Crippen LogP contribution in [0.25, 0.3) is 0 Å². The lowest BCUT2D eigenvalue weighted by molar-refractivity contribution is -0.119. The first-order chi connectivity index (χ1) is 9.43. The van der Waals surface area contributed by atoms with E-state index in [1.807, 2.05) is 31.2 Å². The smallest absolute Gasteiger partial charge is 0.242 e. The van der Waals surface area contributed by atoms with Crippen molar-refractivity contribution < 1.29 is 13.2 Å². The maximum atomic E-state index is 12.3. The van der Waals surface area contributed by atoms with Crippen LogP contribution in [0.15, 0.2) is 24.3 Å². The van der Waals surface area contributed by atoms with Crippen molar-refractivity contribution in [1.29, 1.82) is 0 Å². The summed E-state index contributed by atoms with van der Waals surface area (Å²) in [5.41, 5.74) is 1.81. The quantitative estimate of drug-likeness (QED) is 0.918. The molecule has 0 aromatic heterocycles. The van der Waals surface area contributed by atoms with Gasteiger partial charge in [-0.3, -0.25) is 4.79 Å². The fourth-order valence-electron chi connectivity index (χ4n) is 2.57. The predicted octanol–water partition coefficient (Wildman–Crippen LogP) is 1.61. The Morgan fingerprint density at radius 1 is 1.40 bits per heavy atom. The van der Waals surface area contributed by atoms with Gasteiger partial charge in [0.1, 0.15) is 6.04 Å². The summed E-state index contributed by atoms with van der Waals surface area (Å²) in [7, 11) is -3.33. The molecular formula is C14H20N2O3S. The summed E-state index contributed by atoms with van der Waals surface area (Å²) in [6.45, 7) is 2.44. The number of sulfonamides is 1. The van der Waals surface area contributed by atoms with Crippen LogP contribution in [0.1, 0.15) is 25.3 Å². The van der Waals surface area contributed by atoms with Gasteiger partial charge in [-0.05, 0) is 30.9 Å². The lowest BCUT2D eigenvalue weighted by Crippen LogP contribution is -2.42. The van der Waals surface area contributed by atoms with Crippen molar-refractivity contribution in [1.82, 2.24) is 4.31 Å². The lowest BCUT2D eigenvalue weighted by atomic mass is 10.1. The molecular weight excluding hydrogens is 276 g/mol. The van der Waals surface area contributed by atoms with E-state index in [1.54, 1.807) is 0 Å². The molecule has 1 aliphatic heterocycles.